The molecular formula is C63H112O6. The third-order valence-corrected chi connectivity index (χ3v) is 13.0. The Labute approximate surface area is 428 Å². The minimum Gasteiger partial charge on any atom is -0.462 e. The molecule has 0 spiro atoms. The van der Waals surface area contributed by atoms with Crippen molar-refractivity contribution in [3.63, 3.8) is 0 Å². The standard InChI is InChI=1S/C63H112O6/c1-4-7-10-13-16-19-22-25-28-30-31-32-33-34-36-38-41-44-47-50-53-56-62(65)68-59-60(58-67-61(64)55-52-49-46-43-40-37-27-24-21-18-15-12-9-6-3)69-63(66)57-54-51-48-45-42-39-35-29-26-23-20-17-14-11-8-5-2/h20,22-25,27,29-31,35,60H,4-19,21,26,28,32-34,36-59H2,1-3H3/b23-20-,25-22-,27-24-,31-30-,35-29-. The summed E-state index contributed by atoms with van der Waals surface area (Å²) in [4.78, 5) is 38.2. The van der Waals surface area contributed by atoms with Crippen molar-refractivity contribution in [1.82, 2.24) is 0 Å². The number of rotatable bonds is 54. The second-order valence-corrected chi connectivity index (χ2v) is 19.9. The zero-order valence-corrected chi connectivity index (χ0v) is 45.8. The number of allylic oxidation sites excluding steroid dienone is 10. The van der Waals surface area contributed by atoms with Gasteiger partial charge in [-0.2, -0.15) is 0 Å². The first-order valence-corrected chi connectivity index (χ1v) is 29.8. The van der Waals surface area contributed by atoms with E-state index < -0.39 is 6.10 Å². The van der Waals surface area contributed by atoms with Gasteiger partial charge in [0.2, 0.25) is 0 Å². The SMILES string of the molecule is CCCCCC/C=C\C/C=C\CCCCCCCC(=O)OC(COC(=O)CCCCCCC/C=C\CCCCCCC)COC(=O)CCCCCCCCCCC/C=C\C/C=C\CCCCCCC. The van der Waals surface area contributed by atoms with Crippen LogP contribution < -0.4 is 0 Å². The highest BCUT2D eigenvalue weighted by atomic mass is 16.6. The Morgan fingerprint density at radius 2 is 0.522 bits per heavy atom. The van der Waals surface area contributed by atoms with Crippen LogP contribution in [-0.4, -0.2) is 37.2 Å². The highest BCUT2D eigenvalue weighted by Crippen LogP contribution is 2.15. The molecule has 0 saturated heterocycles. The molecule has 0 aliphatic heterocycles. The van der Waals surface area contributed by atoms with Gasteiger partial charge in [-0.3, -0.25) is 14.4 Å². The Bertz CT molecular complexity index is 1250. The van der Waals surface area contributed by atoms with Crippen LogP contribution in [0, 0.1) is 0 Å². The number of hydrogen-bond donors (Lipinski definition) is 0. The second-order valence-electron chi connectivity index (χ2n) is 19.9. The molecular weight excluding hydrogens is 853 g/mol. The van der Waals surface area contributed by atoms with Crippen molar-refractivity contribution in [3.05, 3.63) is 60.8 Å². The van der Waals surface area contributed by atoms with E-state index in [9.17, 15) is 14.4 Å². The molecule has 69 heavy (non-hydrogen) atoms. The molecule has 0 rings (SSSR count). The van der Waals surface area contributed by atoms with E-state index in [-0.39, 0.29) is 31.1 Å². The predicted molar refractivity (Wildman–Crippen MR) is 298 cm³/mol. The zero-order valence-electron chi connectivity index (χ0n) is 45.8. The van der Waals surface area contributed by atoms with Crippen molar-refractivity contribution < 1.29 is 28.6 Å². The quantitative estimate of drug-likeness (QED) is 0.0262. The van der Waals surface area contributed by atoms with Gasteiger partial charge in [0, 0.05) is 19.3 Å². The van der Waals surface area contributed by atoms with Crippen LogP contribution in [0.4, 0.5) is 0 Å². The fraction of sp³-hybridized carbons (Fsp3) is 0.794. The van der Waals surface area contributed by atoms with Crippen LogP contribution in [0.15, 0.2) is 60.8 Å². The topological polar surface area (TPSA) is 78.9 Å². The first-order valence-electron chi connectivity index (χ1n) is 29.8. The van der Waals surface area contributed by atoms with Crippen molar-refractivity contribution in [1.29, 1.82) is 0 Å². The fourth-order valence-corrected chi connectivity index (χ4v) is 8.44. The third kappa shape index (κ3) is 55.9. The van der Waals surface area contributed by atoms with Crippen LogP contribution >= 0.6 is 0 Å². The van der Waals surface area contributed by atoms with Crippen LogP contribution in [-0.2, 0) is 28.6 Å². The summed E-state index contributed by atoms with van der Waals surface area (Å²) in [5.41, 5.74) is 0. The maximum absolute atomic E-state index is 12.9. The first kappa shape index (κ1) is 66.1. The summed E-state index contributed by atoms with van der Waals surface area (Å²) < 4.78 is 16.9. The molecule has 0 N–H and O–H groups in total. The Kier molecular flexibility index (Phi) is 55.3. The molecule has 1 atom stereocenters. The van der Waals surface area contributed by atoms with Crippen LogP contribution in [0.1, 0.15) is 303 Å². The molecule has 6 nitrogen and oxygen atoms in total. The van der Waals surface area contributed by atoms with Gasteiger partial charge in [-0.25, -0.2) is 0 Å². The smallest absolute Gasteiger partial charge is 0.306 e. The molecule has 1 unspecified atom stereocenters. The zero-order chi connectivity index (χ0) is 50.0. The van der Waals surface area contributed by atoms with Crippen molar-refractivity contribution in [2.24, 2.45) is 0 Å². The van der Waals surface area contributed by atoms with E-state index in [0.29, 0.717) is 19.3 Å². The minimum absolute atomic E-state index is 0.0838. The predicted octanol–water partition coefficient (Wildman–Crippen LogP) is 20.0. The Morgan fingerprint density at radius 3 is 0.826 bits per heavy atom. The molecule has 0 heterocycles. The van der Waals surface area contributed by atoms with E-state index in [1.54, 1.807) is 0 Å². The number of unbranched alkanes of at least 4 members (excludes halogenated alkanes) is 33. The van der Waals surface area contributed by atoms with E-state index in [1.165, 1.54) is 167 Å². The fourth-order valence-electron chi connectivity index (χ4n) is 8.44. The lowest BCUT2D eigenvalue weighted by Crippen LogP contribution is -2.30. The molecule has 0 bridgehead atoms. The third-order valence-electron chi connectivity index (χ3n) is 13.0. The van der Waals surface area contributed by atoms with Crippen molar-refractivity contribution >= 4 is 17.9 Å². The number of ether oxygens (including phenoxy) is 3. The molecule has 0 amide bonds. The first-order chi connectivity index (χ1) is 34.0. The number of hydrogen-bond acceptors (Lipinski definition) is 6. The van der Waals surface area contributed by atoms with Gasteiger partial charge in [-0.1, -0.05) is 236 Å². The van der Waals surface area contributed by atoms with Gasteiger partial charge in [0.05, 0.1) is 0 Å². The van der Waals surface area contributed by atoms with E-state index in [2.05, 4.69) is 81.5 Å². The highest BCUT2D eigenvalue weighted by Gasteiger charge is 2.19. The lowest BCUT2D eigenvalue weighted by molar-refractivity contribution is -0.167. The van der Waals surface area contributed by atoms with E-state index >= 15 is 0 Å². The lowest BCUT2D eigenvalue weighted by atomic mass is 10.1. The molecule has 6 heteroatoms. The average Bonchev–Trinajstić information content (AvgIpc) is 3.35. The summed E-state index contributed by atoms with van der Waals surface area (Å²) in [6.07, 6.45) is 72.1. The summed E-state index contributed by atoms with van der Waals surface area (Å²) in [5, 5.41) is 0. The highest BCUT2D eigenvalue weighted by molar-refractivity contribution is 5.71. The maximum atomic E-state index is 12.9. The largest absolute Gasteiger partial charge is 0.462 e. The Morgan fingerprint density at radius 1 is 0.290 bits per heavy atom. The molecule has 0 aromatic carbocycles. The number of carbonyl (C=O) groups is 3. The molecule has 0 radical (unpaired) electrons. The van der Waals surface area contributed by atoms with Crippen LogP contribution in [0.5, 0.6) is 0 Å². The normalized spacial score (nSPS) is 12.4. The van der Waals surface area contributed by atoms with Crippen molar-refractivity contribution in [2.45, 2.75) is 309 Å². The summed E-state index contributed by atoms with van der Waals surface area (Å²) in [5.74, 6) is -0.899. The summed E-state index contributed by atoms with van der Waals surface area (Å²) in [6, 6.07) is 0. The van der Waals surface area contributed by atoms with Gasteiger partial charge >= 0.3 is 17.9 Å². The van der Waals surface area contributed by atoms with Gasteiger partial charge in [0.1, 0.15) is 13.2 Å². The van der Waals surface area contributed by atoms with Crippen molar-refractivity contribution in [2.75, 3.05) is 13.2 Å². The average molecular weight is 966 g/mol. The molecule has 0 fully saturated rings. The van der Waals surface area contributed by atoms with E-state index in [1.807, 2.05) is 0 Å². The summed E-state index contributed by atoms with van der Waals surface area (Å²) in [7, 11) is 0. The van der Waals surface area contributed by atoms with E-state index in [4.69, 9.17) is 14.2 Å². The monoisotopic (exact) mass is 965 g/mol. The summed E-state index contributed by atoms with van der Waals surface area (Å²) in [6.45, 7) is 6.61. The second kappa shape index (κ2) is 57.7. The van der Waals surface area contributed by atoms with Crippen LogP contribution in [0.3, 0.4) is 0 Å². The minimum atomic E-state index is -0.787. The van der Waals surface area contributed by atoms with Gasteiger partial charge in [0.25, 0.3) is 0 Å². The molecule has 0 aromatic rings. The summed E-state index contributed by atoms with van der Waals surface area (Å²) >= 11 is 0. The molecule has 0 aromatic heterocycles. The molecule has 0 saturated carbocycles. The maximum Gasteiger partial charge on any atom is 0.306 e. The molecule has 400 valence electrons. The van der Waals surface area contributed by atoms with Gasteiger partial charge in [0.15, 0.2) is 6.10 Å². The molecule has 0 aliphatic rings. The Hall–Kier alpha value is -2.89. The molecule has 0 aliphatic carbocycles. The van der Waals surface area contributed by atoms with E-state index in [0.717, 1.165) is 96.3 Å². The van der Waals surface area contributed by atoms with Gasteiger partial charge < -0.3 is 14.2 Å². The Balaban J connectivity index is 4.37. The lowest BCUT2D eigenvalue weighted by Gasteiger charge is -2.18. The number of carbonyl (C=O) groups excluding carboxylic acids is 3. The van der Waals surface area contributed by atoms with Crippen molar-refractivity contribution in [3.8, 4) is 0 Å². The number of esters is 3. The van der Waals surface area contributed by atoms with Gasteiger partial charge in [-0.05, 0) is 109 Å². The van der Waals surface area contributed by atoms with Crippen LogP contribution in [0.2, 0.25) is 0 Å². The van der Waals surface area contributed by atoms with Crippen LogP contribution in [0.25, 0.3) is 0 Å². The van der Waals surface area contributed by atoms with Gasteiger partial charge in [-0.15, -0.1) is 0 Å².